The summed E-state index contributed by atoms with van der Waals surface area (Å²) < 4.78 is 4.73. The van der Waals surface area contributed by atoms with Crippen LogP contribution in [0.5, 0.6) is 0 Å². The van der Waals surface area contributed by atoms with E-state index < -0.39 is 5.97 Å². The lowest BCUT2D eigenvalue weighted by molar-refractivity contribution is -0.139. The number of allylic oxidation sites excluding steroid dienone is 1. The molecule has 4 nitrogen and oxygen atoms in total. The van der Waals surface area contributed by atoms with E-state index in [1.807, 2.05) is 0 Å². The van der Waals surface area contributed by atoms with Crippen LogP contribution in [0, 0.1) is 0 Å². The van der Waals surface area contributed by atoms with E-state index >= 15 is 0 Å². The highest BCUT2D eigenvalue weighted by atomic mass is 16.5. The Balaban J connectivity index is 2.68. The van der Waals surface area contributed by atoms with Gasteiger partial charge in [0.25, 0.3) is 0 Å². The van der Waals surface area contributed by atoms with Gasteiger partial charge in [0.05, 0.1) is 6.61 Å². The first-order valence-corrected chi connectivity index (χ1v) is 4.86. The van der Waals surface area contributed by atoms with Crippen molar-refractivity contribution in [1.82, 2.24) is 0 Å². The van der Waals surface area contributed by atoms with Crippen molar-refractivity contribution in [2.75, 3.05) is 6.61 Å². The van der Waals surface area contributed by atoms with Crippen molar-refractivity contribution >= 4 is 11.7 Å². The van der Waals surface area contributed by atoms with Crippen LogP contribution in [-0.4, -0.2) is 23.1 Å². The minimum atomic E-state index is -0.561. The van der Waals surface area contributed by atoms with Gasteiger partial charge in [0, 0.05) is 6.08 Å². The summed E-state index contributed by atoms with van der Waals surface area (Å²) in [6, 6.07) is 0. The fourth-order valence-corrected chi connectivity index (χ4v) is 1.50. The van der Waals surface area contributed by atoms with Gasteiger partial charge in [-0.25, -0.2) is 4.79 Å². The van der Waals surface area contributed by atoms with Gasteiger partial charge in [-0.2, -0.15) is 4.79 Å². The Morgan fingerprint density at radius 3 is 2.71 bits per heavy atom. The van der Waals surface area contributed by atoms with Crippen molar-refractivity contribution < 1.29 is 14.3 Å². The topological polar surface area (TPSA) is 62.7 Å². The average Bonchev–Trinajstić information content (AvgIpc) is 2.66. The fourth-order valence-electron chi connectivity index (χ4n) is 1.50. The molecular weight excluding hydrogens is 180 g/mol. The summed E-state index contributed by atoms with van der Waals surface area (Å²) in [4.78, 5) is 14.1. The van der Waals surface area contributed by atoms with E-state index in [4.69, 9.17) is 10.3 Å². The van der Waals surface area contributed by atoms with E-state index in [-0.39, 0.29) is 5.71 Å². The first-order valence-electron chi connectivity index (χ1n) is 4.86. The quantitative estimate of drug-likeness (QED) is 0.297. The minimum absolute atomic E-state index is 0.00347. The summed E-state index contributed by atoms with van der Waals surface area (Å²) in [7, 11) is 0. The molecule has 0 bridgehead atoms. The predicted molar refractivity (Wildman–Crippen MR) is 51.8 cm³/mol. The zero-order valence-corrected chi connectivity index (χ0v) is 8.32. The molecule has 4 heteroatoms. The van der Waals surface area contributed by atoms with Crippen molar-refractivity contribution in [2.24, 2.45) is 0 Å². The second kappa shape index (κ2) is 5.35. The Morgan fingerprint density at radius 2 is 2.21 bits per heavy atom. The molecule has 0 saturated heterocycles. The highest BCUT2D eigenvalue weighted by Crippen LogP contribution is 2.23. The smallest absolute Gasteiger partial charge is 0.421 e. The van der Waals surface area contributed by atoms with Gasteiger partial charge >= 0.3 is 11.7 Å². The molecule has 76 valence electrons. The van der Waals surface area contributed by atoms with Crippen molar-refractivity contribution in [3.8, 4) is 0 Å². The summed E-state index contributed by atoms with van der Waals surface area (Å²) in [5.41, 5.74) is 9.79. The van der Waals surface area contributed by atoms with Crippen LogP contribution in [0.25, 0.3) is 5.53 Å². The van der Waals surface area contributed by atoms with E-state index in [9.17, 15) is 4.79 Å². The molecule has 0 radical (unpaired) electrons. The first kappa shape index (κ1) is 10.7. The van der Waals surface area contributed by atoms with Crippen LogP contribution in [0.4, 0.5) is 0 Å². The zero-order chi connectivity index (χ0) is 10.4. The van der Waals surface area contributed by atoms with Crippen molar-refractivity contribution in [1.29, 1.82) is 0 Å². The third kappa shape index (κ3) is 2.82. The van der Waals surface area contributed by atoms with Crippen molar-refractivity contribution in [3.63, 3.8) is 0 Å². The third-order valence-electron chi connectivity index (χ3n) is 2.18. The molecule has 0 aromatic rings. The largest absolute Gasteiger partial charge is 0.457 e. The number of rotatable bonds is 3. The number of nitrogens with zero attached hydrogens (tertiary/aromatic N) is 2. The molecule has 0 spiro atoms. The Kier molecular flexibility index (Phi) is 4.08. The normalized spacial score (nSPS) is 14.8. The molecule has 1 rings (SSSR count). The number of carbonyl (C=O) groups is 1. The van der Waals surface area contributed by atoms with Gasteiger partial charge in [0.15, 0.2) is 0 Å². The Bertz CT molecular complexity index is 293. The summed E-state index contributed by atoms with van der Waals surface area (Å²) in [5.74, 6) is -0.561. The third-order valence-corrected chi connectivity index (χ3v) is 2.18. The van der Waals surface area contributed by atoms with E-state index in [0.29, 0.717) is 6.61 Å². The van der Waals surface area contributed by atoms with Crippen LogP contribution in [0.2, 0.25) is 0 Å². The number of carbonyl (C=O) groups excluding carboxylic acids is 1. The molecule has 0 aliphatic heterocycles. The molecule has 0 amide bonds. The van der Waals surface area contributed by atoms with Gasteiger partial charge in [-0.3, -0.25) is 0 Å². The van der Waals surface area contributed by atoms with Crippen molar-refractivity contribution in [3.05, 3.63) is 17.2 Å². The van der Waals surface area contributed by atoms with Crippen molar-refractivity contribution in [2.45, 2.75) is 32.6 Å². The molecule has 0 unspecified atom stereocenters. The molecule has 1 fully saturated rings. The molecule has 1 saturated carbocycles. The number of esters is 1. The summed E-state index contributed by atoms with van der Waals surface area (Å²) in [6.45, 7) is 2.01. The molecule has 0 N–H and O–H groups in total. The Morgan fingerprint density at radius 1 is 1.57 bits per heavy atom. The molecule has 0 aromatic heterocycles. The molecule has 0 heterocycles. The maximum Gasteiger partial charge on any atom is 0.421 e. The Hall–Kier alpha value is -1.41. The number of hydrogen-bond acceptors (Lipinski definition) is 2. The summed E-state index contributed by atoms with van der Waals surface area (Å²) in [5, 5.41) is 0. The van der Waals surface area contributed by atoms with E-state index in [0.717, 1.165) is 31.3 Å². The monoisotopic (exact) mass is 194 g/mol. The minimum Gasteiger partial charge on any atom is -0.457 e. The first-order chi connectivity index (χ1) is 6.77. The molecule has 14 heavy (non-hydrogen) atoms. The molecule has 0 atom stereocenters. The molecule has 1 aliphatic carbocycles. The standard InChI is InChI=1S/C10H14N2O2/c1-2-14-10(13)9(12-11)7-8-5-3-4-6-8/h7H,2-6H2,1H3. The van der Waals surface area contributed by atoms with Gasteiger partial charge in [-0.1, -0.05) is 5.57 Å². The van der Waals surface area contributed by atoms with Gasteiger partial charge in [0.2, 0.25) is 0 Å². The second-order valence-electron chi connectivity index (χ2n) is 3.22. The van der Waals surface area contributed by atoms with Gasteiger partial charge in [0.1, 0.15) is 0 Å². The second-order valence-corrected chi connectivity index (χ2v) is 3.22. The lowest BCUT2D eigenvalue weighted by Crippen LogP contribution is -2.16. The summed E-state index contributed by atoms with van der Waals surface area (Å²) in [6.07, 6.45) is 5.89. The van der Waals surface area contributed by atoms with Crippen LogP contribution in [0.15, 0.2) is 11.6 Å². The van der Waals surface area contributed by atoms with E-state index in [1.54, 1.807) is 13.0 Å². The maximum absolute atomic E-state index is 11.2. The van der Waals surface area contributed by atoms with Crippen LogP contribution < -0.4 is 0 Å². The van der Waals surface area contributed by atoms with Crippen LogP contribution in [0.1, 0.15) is 32.6 Å². The predicted octanol–water partition coefficient (Wildman–Crippen LogP) is 1.72. The SMILES string of the molecule is CCOC(=O)C(C=C1CCCC1)=[N+]=[N-]. The van der Waals surface area contributed by atoms with Crippen LogP contribution in [-0.2, 0) is 9.53 Å². The van der Waals surface area contributed by atoms with Crippen LogP contribution >= 0.6 is 0 Å². The highest BCUT2D eigenvalue weighted by molar-refractivity contribution is 6.38. The van der Waals surface area contributed by atoms with Gasteiger partial charge < -0.3 is 10.3 Å². The highest BCUT2D eigenvalue weighted by Gasteiger charge is 2.20. The number of hydrogen-bond donors (Lipinski definition) is 0. The number of ether oxygens (including phenoxy) is 1. The Labute approximate surface area is 83.2 Å². The van der Waals surface area contributed by atoms with Gasteiger partial charge in [-0.05, 0) is 32.6 Å². The van der Waals surface area contributed by atoms with Crippen LogP contribution in [0.3, 0.4) is 0 Å². The fraction of sp³-hybridized carbons (Fsp3) is 0.600. The van der Waals surface area contributed by atoms with E-state index in [2.05, 4.69) is 4.79 Å². The van der Waals surface area contributed by atoms with E-state index in [1.165, 1.54) is 0 Å². The average molecular weight is 194 g/mol. The molecular formula is C10H14N2O2. The molecule has 0 aromatic carbocycles. The summed E-state index contributed by atoms with van der Waals surface area (Å²) >= 11 is 0. The van der Waals surface area contributed by atoms with Gasteiger partial charge in [-0.15, -0.1) is 0 Å². The lowest BCUT2D eigenvalue weighted by Gasteiger charge is -1.95. The zero-order valence-electron chi connectivity index (χ0n) is 8.32. The molecule has 1 aliphatic rings. The maximum atomic E-state index is 11.2. The lowest BCUT2D eigenvalue weighted by atomic mass is 10.2.